The first-order valence-electron chi connectivity index (χ1n) is 27.5. The summed E-state index contributed by atoms with van der Waals surface area (Å²) >= 11 is 0. The Balaban J connectivity index is 0.000000209. The second-order valence-electron chi connectivity index (χ2n) is 19.5. The van der Waals surface area contributed by atoms with Gasteiger partial charge in [-0.15, -0.1) is 0 Å². The summed E-state index contributed by atoms with van der Waals surface area (Å²) in [7, 11) is 0. The number of morpholine rings is 1. The molecule has 5 aliphatic carbocycles. The minimum Gasteiger partial charge on any atom is -0.420 e. The molecule has 0 radical (unpaired) electrons. The molecular formula is C57H88N6O5. The molecule has 3 saturated heterocycles. The molecule has 8 aliphatic rings. The number of likely N-dealkylation sites (N-methyl/N-ethyl adjacent to an activating group) is 1. The number of amidine groups is 2. The van der Waals surface area contributed by atoms with E-state index in [-0.39, 0.29) is 35.5 Å². The van der Waals surface area contributed by atoms with Gasteiger partial charge in [0.2, 0.25) is 0 Å². The van der Waals surface area contributed by atoms with Gasteiger partial charge in [-0.1, -0.05) is 149 Å². The van der Waals surface area contributed by atoms with Crippen LogP contribution in [0.4, 0.5) is 5.69 Å². The van der Waals surface area contributed by atoms with Crippen molar-refractivity contribution >= 4 is 35.6 Å². The zero-order valence-corrected chi connectivity index (χ0v) is 43.3. The highest BCUT2D eigenvalue weighted by molar-refractivity contribution is 6.12. The third kappa shape index (κ3) is 14.0. The van der Waals surface area contributed by atoms with Crippen molar-refractivity contribution in [2.45, 2.75) is 213 Å². The molecule has 1 unspecified atom stereocenters. The Bertz CT molecular complexity index is 1920. The highest BCUT2D eigenvalue weighted by Crippen LogP contribution is 2.34. The molecule has 3 heterocycles. The summed E-state index contributed by atoms with van der Waals surface area (Å²) in [4.78, 5) is 45.4. The lowest BCUT2D eigenvalue weighted by Gasteiger charge is -2.39. The molecule has 11 heteroatoms. The average Bonchev–Trinajstić information content (AvgIpc) is 3.87. The minimum absolute atomic E-state index is 0.00200. The van der Waals surface area contributed by atoms with Crippen molar-refractivity contribution in [2.75, 3.05) is 44.3 Å². The lowest BCUT2D eigenvalue weighted by atomic mass is 9.88. The maximum atomic E-state index is 13.5. The standard InChI is InChI=1S/C27H41N3O2.C26H35N3O3.2C2H6/c1-4-29(5-2)27(3)18-16-21(17-19-27)20-24-25(31)30(23-14-10-7-11-15-23)26(32-24)28-22-12-8-6-9-13-22;30-25-24(19-20-11-13-22(14-12-20)28-15-17-31-18-16-28)32-26(27-21-7-3-1-4-8-21)29(25)23-9-5-2-6-10-23;2*1-2/h16-18,20,22-23H,4-15,19H2,1-3H3;11-14,19,21,23H,1-10,15-18H2;2*1-2H3/b24-20+,28-26?;24-19+,27-26?;;. The molecule has 3 aliphatic heterocycles. The summed E-state index contributed by atoms with van der Waals surface area (Å²) in [6, 6.07) is 10.5. The minimum atomic E-state index is -0.0243. The van der Waals surface area contributed by atoms with Crippen molar-refractivity contribution < 1.29 is 23.8 Å². The molecule has 0 N–H and O–H groups in total. The number of benzene rings is 1. The number of carbonyl (C=O) groups is 2. The lowest BCUT2D eigenvalue weighted by molar-refractivity contribution is -0.125. The van der Waals surface area contributed by atoms with E-state index in [1.807, 2.05) is 49.6 Å². The SMILES string of the molecule is CC.CC.CCN(CC)C1(C)C=CC(/C=C2/OC(=NC3CCCCC3)N(C3CCCCC3)C2=O)=CC1.O=C1/C(=C\c2ccc(N3CCOCC3)cc2)OC(=NC2CCCCC2)N1C1CCCCC1. The Kier molecular flexibility index (Phi) is 21.3. The normalized spacial score (nSPS) is 26.8. The van der Waals surface area contributed by atoms with Gasteiger partial charge in [0, 0.05) is 36.4 Å². The highest BCUT2D eigenvalue weighted by atomic mass is 16.5. The van der Waals surface area contributed by atoms with Crippen molar-refractivity contribution in [3.05, 3.63) is 71.2 Å². The summed E-state index contributed by atoms with van der Waals surface area (Å²) < 4.78 is 17.8. The summed E-state index contributed by atoms with van der Waals surface area (Å²) in [6.07, 6.45) is 34.7. The average molecular weight is 937 g/mol. The summed E-state index contributed by atoms with van der Waals surface area (Å²) in [6.45, 7) is 20.1. The predicted molar refractivity (Wildman–Crippen MR) is 280 cm³/mol. The third-order valence-corrected chi connectivity index (χ3v) is 15.0. The Morgan fingerprint density at radius 3 is 1.50 bits per heavy atom. The maximum absolute atomic E-state index is 13.5. The second kappa shape index (κ2) is 27.2. The second-order valence-corrected chi connectivity index (χ2v) is 19.5. The number of aliphatic imine (C=N–C) groups is 2. The fourth-order valence-electron chi connectivity index (χ4n) is 11.1. The van der Waals surface area contributed by atoms with Crippen LogP contribution in [0.2, 0.25) is 0 Å². The van der Waals surface area contributed by atoms with Crippen molar-refractivity contribution in [3.63, 3.8) is 0 Å². The summed E-state index contributed by atoms with van der Waals surface area (Å²) in [5, 5.41) is 0. The number of rotatable bonds is 10. The van der Waals surface area contributed by atoms with Crippen molar-refractivity contribution in [1.29, 1.82) is 0 Å². The molecule has 0 spiro atoms. The number of nitrogens with zero attached hydrogens (tertiary/aromatic N) is 6. The number of ether oxygens (including phenoxy) is 3. The number of allylic oxidation sites excluding steroid dienone is 3. The van der Waals surface area contributed by atoms with E-state index in [4.69, 9.17) is 24.2 Å². The van der Waals surface area contributed by atoms with E-state index in [9.17, 15) is 9.59 Å². The van der Waals surface area contributed by atoms with Gasteiger partial charge in [0.25, 0.3) is 11.8 Å². The number of hydrogen-bond donors (Lipinski definition) is 0. The molecule has 1 atom stereocenters. The molecule has 1 aromatic rings. The van der Waals surface area contributed by atoms with Crippen molar-refractivity contribution in [1.82, 2.24) is 14.7 Å². The number of hydrogen-bond acceptors (Lipinski definition) is 9. The van der Waals surface area contributed by atoms with Crippen LogP contribution < -0.4 is 4.90 Å². The zero-order chi connectivity index (χ0) is 48.3. The number of carbonyl (C=O) groups excluding carboxylic acids is 2. The Morgan fingerprint density at radius 2 is 1.07 bits per heavy atom. The van der Waals surface area contributed by atoms with Gasteiger partial charge in [0.1, 0.15) is 0 Å². The van der Waals surface area contributed by atoms with E-state index in [1.54, 1.807) is 0 Å². The Labute approximate surface area is 411 Å². The first-order chi connectivity index (χ1) is 33.3. The fraction of sp³-hybridized carbons (Fsp3) is 0.684. The van der Waals surface area contributed by atoms with E-state index >= 15 is 0 Å². The molecule has 11 nitrogen and oxygen atoms in total. The van der Waals surface area contributed by atoms with Crippen LogP contribution in [0.5, 0.6) is 0 Å². The van der Waals surface area contributed by atoms with E-state index in [0.29, 0.717) is 29.6 Å². The molecule has 2 amide bonds. The molecule has 9 rings (SSSR count). The molecule has 68 heavy (non-hydrogen) atoms. The van der Waals surface area contributed by atoms with Crippen LogP contribution in [0.25, 0.3) is 6.08 Å². The van der Waals surface area contributed by atoms with Gasteiger partial charge < -0.3 is 19.1 Å². The molecule has 1 aromatic carbocycles. The molecule has 0 aromatic heterocycles. The first kappa shape index (κ1) is 53.1. The van der Waals surface area contributed by atoms with Gasteiger partial charge in [-0.2, -0.15) is 0 Å². The van der Waals surface area contributed by atoms with Crippen LogP contribution in [-0.2, 0) is 23.8 Å². The monoisotopic (exact) mass is 937 g/mol. The predicted octanol–water partition coefficient (Wildman–Crippen LogP) is 12.5. The summed E-state index contributed by atoms with van der Waals surface area (Å²) in [5.41, 5.74) is 3.26. The smallest absolute Gasteiger partial charge is 0.300 e. The van der Waals surface area contributed by atoms with E-state index in [2.05, 4.69) is 73.1 Å². The highest BCUT2D eigenvalue weighted by Gasteiger charge is 2.42. The van der Waals surface area contributed by atoms with Crippen molar-refractivity contribution in [2.24, 2.45) is 9.98 Å². The van der Waals surface area contributed by atoms with Crippen LogP contribution in [0, 0.1) is 0 Å². The largest absolute Gasteiger partial charge is 0.420 e. The molecule has 0 bridgehead atoms. The van der Waals surface area contributed by atoms with Gasteiger partial charge in [0.05, 0.1) is 25.3 Å². The first-order valence-corrected chi connectivity index (χ1v) is 27.5. The molecule has 7 fully saturated rings. The van der Waals surface area contributed by atoms with Gasteiger partial charge in [0.15, 0.2) is 11.5 Å². The third-order valence-electron chi connectivity index (χ3n) is 15.0. The van der Waals surface area contributed by atoms with Gasteiger partial charge in [-0.05, 0) is 113 Å². The van der Waals surface area contributed by atoms with Crippen LogP contribution in [0.15, 0.2) is 75.6 Å². The van der Waals surface area contributed by atoms with Crippen LogP contribution in [-0.4, -0.2) is 108 Å². The number of anilines is 1. The van der Waals surface area contributed by atoms with Gasteiger partial charge in [-0.25, -0.2) is 9.98 Å². The molecular weight excluding hydrogens is 849 g/mol. The number of amides is 2. The fourth-order valence-corrected chi connectivity index (χ4v) is 11.1. The van der Waals surface area contributed by atoms with Gasteiger partial charge >= 0.3 is 12.0 Å². The van der Waals surface area contributed by atoms with Crippen LogP contribution >= 0.6 is 0 Å². The quantitative estimate of drug-likeness (QED) is 0.215. The Hall–Kier alpha value is -4.22. The van der Waals surface area contributed by atoms with E-state index < -0.39 is 0 Å². The van der Waals surface area contributed by atoms with Crippen LogP contribution in [0.1, 0.15) is 189 Å². The van der Waals surface area contributed by atoms with E-state index in [0.717, 1.165) is 108 Å². The van der Waals surface area contributed by atoms with Gasteiger partial charge in [-0.3, -0.25) is 24.3 Å². The molecule has 4 saturated carbocycles. The Morgan fingerprint density at radius 1 is 0.632 bits per heavy atom. The maximum Gasteiger partial charge on any atom is 0.300 e. The summed E-state index contributed by atoms with van der Waals surface area (Å²) in [5.74, 6) is 0.818. The van der Waals surface area contributed by atoms with Crippen LogP contribution in [0.3, 0.4) is 0 Å². The van der Waals surface area contributed by atoms with E-state index in [1.165, 1.54) is 82.7 Å². The lowest BCUT2D eigenvalue weighted by Crippen LogP contribution is -2.45. The zero-order valence-electron chi connectivity index (χ0n) is 43.3. The topological polar surface area (TPSA) is 99.5 Å². The van der Waals surface area contributed by atoms with Crippen molar-refractivity contribution in [3.8, 4) is 0 Å². The molecule has 376 valence electrons.